The number of primary amides is 1. The van der Waals surface area contributed by atoms with E-state index < -0.39 is 17.9 Å². The molecule has 1 fully saturated rings. The number of hydrogen-bond donors (Lipinski definition) is 3. The van der Waals surface area contributed by atoms with Crippen molar-refractivity contribution in [1.82, 2.24) is 9.69 Å². The van der Waals surface area contributed by atoms with Gasteiger partial charge in [-0.15, -0.1) is 0 Å². The molecule has 0 unspecified atom stereocenters. The first kappa shape index (κ1) is 28.1. The van der Waals surface area contributed by atoms with Crippen LogP contribution in [0, 0.1) is 13.8 Å². The number of aromatic nitrogens is 1. The minimum atomic E-state index is -1.08. The van der Waals surface area contributed by atoms with Crippen LogP contribution >= 0.6 is 11.5 Å². The first-order valence-corrected chi connectivity index (χ1v) is 13.6. The van der Waals surface area contributed by atoms with Crippen molar-refractivity contribution in [2.75, 3.05) is 30.4 Å². The number of benzene rings is 2. The molecule has 1 aliphatic heterocycles. The molecule has 1 aliphatic rings. The Balaban J connectivity index is 1.84. The van der Waals surface area contributed by atoms with Crippen molar-refractivity contribution in [3.63, 3.8) is 0 Å². The fourth-order valence-electron chi connectivity index (χ4n) is 4.53. The van der Waals surface area contributed by atoms with Crippen LogP contribution in [0.3, 0.4) is 0 Å². The maximum atomic E-state index is 14.2. The number of nitrogens with zero attached hydrogens (tertiary/aromatic N) is 2. The average molecular weight is 552 g/mol. The van der Waals surface area contributed by atoms with Gasteiger partial charge in [0.1, 0.15) is 16.7 Å². The molecule has 0 bridgehead atoms. The Morgan fingerprint density at radius 3 is 2.56 bits per heavy atom. The van der Waals surface area contributed by atoms with E-state index in [4.69, 9.17) is 20.9 Å². The van der Waals surface area contributed by atoms with E-state index in [0.29, 0.717) is 36.8 Å². The number of rotatable bonds is 10. The van der Waals surface area contributed by atoms with Crippen LogP contribution in [0.25, 0.3) is 0 Å². The second-order valence-electron chi connectivity index (χ2n) is 9.39. The lowest BCUT2D eigenvalue weighted by Crippen LogP contribution is -2.46. The lowest BCUT2D eigenvalue weighted by atomic mass is 10.00. The molecule has 1 aromatic heterocycles. The van der Waals surface area contributed by atoms with Crippen LogP contribution in [0.15, 0.2) is 42.5 Å². The third kappa shape index (κ3) is 6.21. The van der Waals surface area contributed by atoms with Gasteiger partial charge < -0.3 is 26.3 Å². The molecule has 206 valence electrons. The SMILES string of the molecule is CCOc1ccc([C@H](C(=O)NC[C@@H]2CCCO2)N(C(=O)c2snc(C(N)=O)c2N)c2cc(C)ccc2C)cc1. The molecule has 3 aromatic rings. The molecule has 0 saturated carbocycles. The van der Waals surface area contributed by atoms with E-state index in [1.807, 2.05) is 39.0 Å². The Bertz CT molecular complexity index is 1350. The summed E-state index contributed by atoms with van der Waals surface area (Å²) in [5.41, 5.74) is 14.0. The number of ether oxygens (including phenoxy) is 2. The molecular formula is C28H33N5O5S. The lowest BCUT2D eigenvalue weighted by Gasteiger charge is -2.33. The molecule has 11 heteroatoms. The van der Waals surface area contributed by atoms with Gasteiger partial charge in [0.2, 0.25) is 5.91 Å². The smallest absolute Gasteiger partial charge is 0.273 e. The Morgan fingerprint density at radius 2 is 1.95 bits per heavy atom. The predicted molar refractivity (Wildman–Crippen MR) is 150 cm³/mol. The fourth-order valence-corrected chi connectivity index (χ4v) is 5.27. The van der Waals surface area contributed by atoms with Crippen LogP contribution < -0.4 is 26.4 Å². The lowest BCUT2D eigenvalue weighted by molar-refractivity contribution is -0.123. The van der Waals surface area contributed by atoms with Gasteiger partial charge in [-0.3, -0.25) is 19.3 Å². The van der Waals surface area contributed by atoms with Gasteiger partial charge in [-0.05, 0) is 80.0 Å². The summed E-state index contributed by atoms with van der Waals surface area (Å²) in [5.74, 6) is -1.15. The molecule has 0 aliphatic carbocycles. The number of anilines is 2. The largest absolute Gasteiger partial charge is 0.494 e. The molecule has 39 heavy (non-hydrogen) atoms. The van der Waals surface area contributed by atoms with Gasteiger partial charge >= 0.3 is 0 Å². The van der Waals surface area contributed by atoms with Crippen LogP contribution in [0.2, 0.25) is 0 Å². The fraction of sp³-hybridized carbons (Fsp3) is 0.357. The van der Waals surface area contributed by atoms with Gasteiger partial charge in [0, 0.05) is 18.8 Å². The van der Waals surface area contributed by atoms with Crippen LogP contribution in [0.5, 0.6) is 5.75 Å². The minimum absolute atomic E-state index is 0.0209. The van der Waals surface area contributed by atoms with Gasteiger partial charge in [0.05, 0.1) is 18.4 Å². The highest BCUT2D eigenvalue weighted by molar-refractivity contribution is 7.09. The van der Waals surface area contributed by atoms with Crippen molar-refractivity contribution >= 4 is 40.6 Å². The number of nitrogens with one attached hydrogen (secondary N) is 1. The number of hydrogen-bond acceptors (Lipinski definition) is 8. The van der Waals surface area contributed by atoms with Crippen LogP contribution in [0.1, 0.15) is 62.7 Å². The highest BCUT2D eigenvalue weighted by Gasteiger charge is 2.37. The van der Waals surface area contributed by atoms with E-state index in [-0.39, 0.29) is 28.3 Å². The van der Waals surface area contributed by atoms with Crippen molar-refractivity contribution in [3.05, 3.63) is 69.7 Å². The van der Waals surface area contributed by atoms with Crippen LogP contribution in [-0.4, -0.2) is 48.0 Å². The molecule has 2 aromatic carbocycles. The zero-order valence-electron chi connectivity index (χ0n) is 22.2. The van der Waals surface area contributed by atoms with Crippen molar-refractivity contribution in [1.29, 1.82) is 0 Å². The summed E-state index contributed by atoms with van der Waals surface area (Å²) in [6, 6.07) is 11.6. The van der Waals surface area contributed by atoms with E-state index in [1.54, 1.807) is 24.3 Å². The summed E-state index contributed by atoms with van der Waals surface area (Å²) in [5, 5.41) is 2.98. The zero-order valence-corrected chi connectivity index (χ0v) is 23.0. The van der Waals surface area contributed by atoms with Gasteiger partial charge in [0.15, 0.2) is 5.69 Å². The summed E-state index contributed by atoms with van der Waals surface area (Å²) in [4.78, 5) is 41.5. The van der Waals surface area contributed by atoms with Crippen LogP contribution in [0.4, 0.5) is 11.4 Å². The number of aryl methyl sites for hydroxylation is 2. The van der Waals surface area contributed by atoms with Gasteiger partial charge in [0.25, 0.3) is 11.8 Å². The Morgan fingerprint density at radius 1 is 1.21 bits per heavy atom. The Hall–Kier alpha value is -3.96. The number of carbonyl (C=O) groups excluding carboxylic acids is 3. The maximum Gasteiger partial charge on any atom is 0.273 e. The van der Waals surface area contributed by atoms with E-state index in [0.717, 1.165) is 35.5 Å². The van der Waals surface area contributed by atoms with E-state index in [9.17, 15) is 14.4 Å². The summed E-state index contributed by atoms with van der Waals surface area (Å²) < 4.78 is 15.3. The number of amides is 3. The van der Waals surface area contributed by atoms with Gasteiger partial charge in [-0.25, -0.2) is 0 Å². The molecule has 0 radical (unpaired) electrons. The average Bonchev–Trinajstić information content (AvgIpc) is 3.57. The molecule has 3 amide bonds. The second-order valence-corrected chi connectivity index (χ2v) is 10.2. The monoisotopic (exact) mass is 551 g/mol. The highest BCUT2D eigenvalue weighted by atomic mass is 32.1. The summed E-state index contributed by atoms with van der Waals surface area (Å²) in [7, 11) is 0. The zero-order chi connectivity index (χ0) is 28.1. The van der Waals surface area contributed by atoms with E-state index in [1.165, 1.54) is 4.90 Å². The summed E-state index contributed by atoms with van der Waals surface area (Å²) in [6.07, 6.45) is 1.69. The predicted octanol–water partition coefficient (Wildman–Crippen LogP) is 3.52. The summed E-state index contributed by atoms with van der Waals surface area (Å²) >= 11 is 0.774. The van der Waals surface area contributed by atoms with Gasteiger partial charge in [-0.1, -0.05) is 24.3 Å². The van der Waals surface area contributed by atoms with Crippen molar-refractivity contribution < 1.29 is 23.9 Å². The molecule has 2 atom stereocenters. The van der Waals surface area contributed by atoms with Gasteiger partial charge in [-0.2, -0.15) is 4.37 Å². The third-order valence-corrected chi connectivity index (χ3v) is 7.39. The molecule has 4 rings (SSSR count). The highest BCUT2D eigenvalue weighted by Crippen LogP contribution is 2.36. The van der Waals surface area contributed by atoms with Crippen molar-refractivity contribution in [3.8, 4) is 5.75 Å². The number of nitrogen functional groups attached to an aromatic ring is 1. The standard InChI is InChI=1S/C28H33N5O5S/c1-4-37-19-11-9-18(10-12-19)24(27(35)31-15-20-6-5-13-38-20)33(21-14-16(2)7-8-17(21)3)28(36)25-22(29)23(26(30)34)32-39-25/h7-12,14,20,24H,4-6,13,15,29H2,1-3H3,(H2,30,34)(H,31,35)/t20-,24+/m0/s1. The molecule has 5 N–H and O–H groups in total. The second kappa shape index (κ2) is 12.3. The molecule has 0 spiro atoms. The third-order valence-electron chi connectivity index (χ3n) is 6.54. The first-order valence-electron chi connectivity index (χ1n) is 12.8. The van der Waals surface area contributed by atoms with Crippen molar-refractivity contribution in [2.45, 2.75) is 45.8 Å². The minimum Gasteiger partial charge on any atom is -0.494 e. The Kier molecular flexibility index (Phi) is 8.82. The van der Waals surface area contributed by atoms with Crippen molar-refractivity contribution in [2.24, 2.45) is 5.73 Å². The quantitative estimate of drug-likeness (QED) is 0.349. The topological polar surface area (TPSA) is 150 Å². The molecule has 2 heterocycles. The maximum absolute atomic E-state index is 14.2. The molecule has 10 nitrogen and oxygen atoms in total. The van der Waals surface area contributed by atoms with E-state index in [2.05, 4.69) is 9.69 Å². The summed E-state index contributed by atoms with van der Waals surface area (Å²) in [6.45, 7) is 7.11. The normalized spacial score (nSPS) is 15.5. The van der Waals surface area contributed by atoms with E-state index >= 15 is 0 Å². The number of nitrogens with two attached hydrogens (primary N) is 2. The molecule has 1 saturated heterocycles. The first-order chi connectivity index (χ1) is 18.7. The molecular weight excluding hydrogens is 518 g/mol. The Labute approximate surface area is 231 Å². The number of carbonyl (C=O) groups is 3. The van der Waals surface area contributed by atoms with Crippen LogP contribution in [-0.2, 0) is 9.53 Å².